The third-order valence-corrected chi connectivity index (χ3v) is 4.87. The maximum atomic E-state index is 12.3. The Balaban J connectivity index is 1.68. The largest absolute Gasteiger partial charge is 0.493 e. The molecule has 0 radical (unpaired) electrons. The summed E-state index contributed by atoms with van der Waals surface area (Å²) < 4.78 is 11.4. The number of halogens is 1. The summed E-state index contributed by atoms with van der Waals surface area (Å²) in [6.07, 6.45) is 1.48. The molecule has 0 spiro atoms. The van der Waals surface area contributed by atoms with Gasteiger partial charge < -0.3 is 9.47 Å². The lowest BCUT2D eigenvalue weighted by molar-refractivity contribution is 0.0729. The summed E-state index contributed by atoms with van der Waals surface area (Å²) in [5.41, 5.74) is 5.11. The number of methoxy groups -OCH3 is 1. The number of ether oxygens (including phenoxy) is 2. The molecule has 0 bridgehead atoms. The third kappa shape index (κ3) is 5.33. The van der Waals surface area contributed by atoms with Gasteiger partial charge in [0.05, 0.1) is 24.5 Å². The Morgan fingerprint density at radius 3 is 2.43 bits per heavy atom. The van der Waals surface area contributed by atoms with Crippen molar-refractivity contribution >= 4 is 34.0 Å². The highest BCUT2D eigenvalue weighted by molar-refractivity contribution is 9.10. The Morgan fingerprint density at radius 2 is 1.73 bits per heavy atom. The van der Waals surface area contributed by atoms with Crippen LogP contribution in [-0.2, 0) is 0 Å². The number of nitrogens with zero attached hydrogens (tertiary/aromatic N) is 1. The molecular weight excluding hydrogens is 448 g/mol. The van der Waals surface area contributed by atoms with Gasteiger partial charge in [0.2, 0.25) is 0 Å². The first-order valence-electron chi connectivity index (χ1n) is 9.03. The minimum Gasteiger partial charge on any atom is -0.493 e. The molecule has 152 valence electrons. The molecule has 0 aliphatic carbocycles. The van der Waals surface area contributed by atoms with Crippen molar-refractivity contribution in [3.05, 3.63) is 93.5 Å². The zero-order valence-corrected chi connectivity index (χ0v) is 18.0. The Morgan fingerprint density at radius 1 is 1.00 bits per heavy atom. The van der Waals surface area contributed by atoms with Crippen LogP contribution in [0.5, 0.6) is 11.5 Å². The number of hydrazone groups is 1. The number of rotatable bonds is 6. The van der Waals surface area contributed by atoms with Crippen LogP contribution >= 0.6 is 15.9 Å². The molecule has 30 heavy (non-hydrogen) atoms. The van der Waals surface area contributed by atoms with Crippen molar-refractivity contribution in [3.63, 3.8) is 0 Å². The van der Waals surface area contributed by atoms with Crippen LogP contribution in [0, 0.1) is 6.92 Å². The van der Waals surface area contributed by atoms with Gasteiger partial charge in [-0.1, -0.05) is 29.8 Å². The van der Waals surface area contributed by atoms with Crippen molar-refractivity contribution in [2.75, 3.05) is 7.11 Å². The second-order valence-corrected chi connectivity index (χ2v) is 7.20. The molecule has 6 nitrogen and oxygen atoms in total. The highest BCUT2D eigenvalue weighted by atomic mass is 79.9. The van der Waals surface area contributed by atoms with Crippen LogP contribution in [0.2, 0.25) is 0 Å². The second kappa shape index (κ2) is 9.84. The first-order valence-corrected chi connectivity index (χ1v) is 9.82. The Bertz CT molecular complexity index is 1090. The summed E-state index contributed by atoms with van der Waals surface area (Å²) in [6, 6.07) is 19.1. The van der Waals surface area contributed by atoms with Gasteiger partial charge in [0, 0.05) is 4.47 Å². The van der Waals surface area contributed by atoms with E-state index in [1.54, 1.807) is 48.5 Å². The molecule has 0 heterocycles. The predicted octanol–water partition coefficient (Wildman–Crippen LogP) is 4.75. The smallest absolute Gasteiger partial charge is 0.343 e. The standard InChI is InChI=1S/C23H19BrN2O4/c1-15-7-10-17(11-8-15)23(28)30-20-12-9-16(13-21(20)29-2)14-25-26-22(27)18-5-3-4-6-19(18)24/h3-14H,1-2H3,(H,26,27). The molecule has 0 saturated heterocycles. The predicted molar refractivity (Wildman–Crippen MR) is 118 cm³/mol. The molecule has 1 amide bonds. The van der Waals surface area contributed by atoms with E-state index in [0.717, 1.165) is 5.56 Å². The lowest BCUT2D eigenvalue weighted by atomic mass is 10.1. The van der Waals surface area contributed by atoms with Crippen molar-refractivity contribution in [1.29, 1.82) is 0 Å². The van der Waals surface area contributed by atoms with Crippen molar-refractivity contribution in [2.45, 2.75) is 6.92 Å². The van der Waals surface area contributed by atoms with Gasteiger partial charge in [-0.2, -0.15) is 5.10 Å². The van der Waals surface area contributed by atoms with Crippen molar-refractivity contribution in [3.8, 4) is 11.5 Å². The number of carbonyl (C=O) groups is 2. The van der Waals surface area contributed by atoms with Gasteiger partial charge in [-0.05, 0) is 70.9 Å². The Hall–Kier alpha value is -3.45. The lowest BCUT2D eigenvalue weighted by Gasteiger charge is -2.10. The number of nitrogens with one attached hydrogen (secondary N) is 1. The van der Waals surface area contributed by atoms with Crippen LogP contribution in [0.25, 0.3) is 0 Å². The van der Waals surface area contributed by atoms with Crippen LogP contribution in [-0.4, -0.2) is 25.2 Å². The van der Waals surface area contributed by atoms with Crippen molar-refractivity contribution < 1.29 is 19.1 Å². The number of hydrogen-bond acceptors (Lipinski definition) is 5. The molecule has 0 aromatic heterocycles. The lowest BCUT2D eigenvalue weighted by Crippen LogP contribution is -2.18. The zero-order valence-electron chi connectivity index (χ0n) is 16.4. The average Bonchev–Trinajstić information content (AvgIpc) is 2.75. The molecule has 0 aliphatic heterocycles. The minimum atomic E-state index is -0.476. The number of amides is 1. The van der Waals surface area contributed by atoms with Crippen LogP contribution < -0.4 is 14.9 Å². The molecule has 3 aromatic carbocycles. The van der Waals surface area contributed by atoms with Crippen molar-refractivity contribution in [2.24, 2.45) is 5.10 Å². The summed E-state index contributed by atoms with van der Waals surface area (Å²) in [5.74, 6) is -0.154. The van der Waals surface area contributed by atoms with E-state index in [-0.39, 0.29) is 11.7 Å². The number of hydrogen-bond donors (Lipinski definition) is 1. The Labute approximate surface area is 182 Å². The van der Waals surface area contributed by atoms with Crippen LogP contribution in [0.3, 0.4) is 0 Å². The third-order valence-electron chi connectivity index (χ3n) is 4.18. The molecule has 3 rings (SSSR count). The monoisotopic (exact) mass is 466 g/mol. The summed E-state index contributed by atoms with van der Waals surface area (Å²) in [6.45, 7) is 1.94. The number of carbonyl (C=O) groups excluding carboxylic acids is 2. The van der Waals surface area contributed by atoms with E-state index in [1.165, 1.54) is 13.3 Å². The summed E-state index contributed by atoms with van der Waals surface area (Å²) in [7, 11) is 1.48. The number of aryl methyl sites for hydroxylation is 1. The molecular formula is C23H19BrN2O4. The summed E-state index contributed by atoms with van der Waals surface area (Å²) >= 11 is 3.33. The van der Waals surface area contributed by atoms with Gasteiger partial charge in [-0.3, -0.25) is 4.79 Å². The van der Waals surface area contributed by atoms with Gasteiger partial charge in [0.1, 0.15) is 0 Å². The molecule has 0 aliphatic rings. The zero-order chi connectivity index (χ0) is 21.5. The van der Waals surface area contributed by atoms with Gasteiger partial charge in [0.25, 0.3) is 5.91 Å². The van der Waals surface area contributed by atoms with E-state index < -0.39 is 5.97 Å². The molecule has 3 aromatic rings. The fourth-order valence-electron chi connectivity index (χ4n) is 2.57. The minimum absolute atomic E-state index is 0.289. The Kier molecular flexibility index (Phi) is 6.98. The molecule has 0 unspecified atom stereocenters. The first kappa shape index (κ1) is 21.3. The maximum Gasteiger partial charge on any atom is 0.343 e. The maximum absolute atomic E-state index is 12.3. The fraction of sp³-hybridized carbons (Fsp3) is 0.0870. The fourth-order valence-corrected chi connectivity index (χ4v) is 3.03. The van der Waals surface area contributed by atoms with E-state index in [0.29, 0.717) is 26.9 Å². The quantitative estimate of drug-likeness (QED) is 0.246. The summed E-state index contributed by atoms with van der Waals surface area (Å²) in [5, 5.41) is 3.97. The van der Waals surface area contributed by atoms with E-state index in [4.69, 9.17) is 9.47 Å². The average molecular weight is 467 g/mol. The second-order valence-electron chi connectivity index (χ2n) is 6.34. The van der Waals surface area contributed by atoms with Crippen molar-refractivity contribution in [1.82, 2.24) is 5.43 Å². The van der Waals surface area contributed by atoms with Gasteiger partial charge in [-0.25, -0.2) is 10.2 Å². The van der Waals surface area contributed by atoms with Gasteiger partial charge in [-0.15, -0.1) is 0 Å². The van der Waals surface area contributed by atoms with E-state index >= 15 is 0 Å². The number of esters is 1. The normalized spacial score (nSPS) is 10.6. The van der Waals surface area contributed by atoms with Gasteiger partial charge in [0.15, 0.2) is 11.5 Å². The van der Waals surface area contributed by atoms with E-state index in [2.05, 4.69) is 26.5 Å². The van der Waals surface area contributed by atoms with Crippen LogP contribution in [0.1, 0.15) is 31.8 Å². The van der Waals surface area contributed by atoms with E-state index in [1.807, 2.05) is 25.1 Å². The highest BCUT2D eigenvalue weighted by Crippen LogP contribution is 2.28. The van der Waals surface area contributed by atoms with E-state index in [9.17, 15) is 9.59 Å². The molecule has 1 N–H and O–H groups in total. The van der Waals surface area contributed by atoms with Crippen LogP contribution in [0.15, 0.2) is 76.3 Å². The van der Waals surface area contributed by atoms with Gasteiger partial charge >= 0.3 is 5.97 Å². The highest BCUT2D eigenvalue weighted by Gasteiger charge is 2.13. The molecule has 0 atom stereocenters. The molecule has 0 fully saturated rings. The number of benzene rings is 3. The SMILES string of the molecule is COc1cc(C=NNC(=O)c2ccccc2Br)ccc1OC(=O)c1ccc(C)cc1. The molecule has 7 heteroatoms. The molecule has 0 saturated carbocycles. The van der Waals surface area contributed by atoms with Crippen LogP contribution in [0.4, 0.5) is 0 Å². The first-order chi connectivity index (χ1) is 14.5. The summed E-state index contributed by atoms with van der Waals surface area (Å²) in [4.78, 5) is 24.5. The topological polar surface area (TPSA) is 77.0 Å².